The molecule has 0 atom stereocenters. The Bertz CT molecular complexity index is 653. The summed E-state index contributed by atoms with van der Waals surface area (Å²) in [4.78, 5) is 2.44. The van der Waals surface area contributed by atoms with E-state index in [4.69, 9.17) is 4.74 Å². The molecule has 0 amide bonds. The summed E-state index contributed by atoms with van der Waals surface area (Å²) in [5.41, 5.74) is 5.40. The number of rotatable bonds is 2. The van der Waals surface area contributed by atoms with E-state index in [1.165, 1.54) is 22.5 Å². The fraction of sp³-hybridized carbons (Fsp3) is 0.333. The van der Waals surface area contributed by atoms with Gasteiger partial charge in [0, 0.05) is 25.3 Å². The van der Waals surface area contributed by atoms with Gasteiger partial charge in [-0.15, -0.1) is 0 Å². The van der Waals surface area contributed by atoms with Crippen molar-refractivity contribution in [2.75, 3.05) is 29.9 Å². The molecule has 2 heterocycles. The molecule has 0 fully saturated rings. The van der Waals surface area contributed by atoms with Crippen LogP contribution in [0.2, 0.25) is 0 Å². The van der Waals surface area contributed by atoms with Gasteiger partial charge in [-0.05, 0) is 36.1 Å². The minimum Gasteiger partial charge on any atom is -0.491 e. The third kappa shape index (κ3) is 2.33. The number of nitrogens with one attached hydrogen (secondary N) is 1. The van der Waals surface area contributed by atoms with E-state index in [0.717, 1.165) is 44.8 Å². The molecule has 2 aromatic carbocycles. The van der Waals surface area contributed by atoms with E-state index in [2.05, 4.69) is 46.6 Å². The van der Waals surface area contributed by atoms with Crippen LogP contribution in [0.15, 0.2) is 42.5 Å². The van der Waals surface area contributed by atoms with Gasteiger partial charge < -0.3 is 15.0 Å². The number of para-hydroxylation sites is 3. The van der Waals surface area contributed by atoms with Crippen LogP contribution >= 0.6 is 0 Å². The first-order valence-electron chi connectivity index (χ1n) is 7.73. The van der Waals surface area contributed by atoms with Crippen LogP contribution in [-0.2, 0) is 13.0 Å². The molecule has 0 saturated carbocycles. The quantitative estimate of drug-likeness (QED) is 0.912. The Morgan fingerprint density at radius 3 is 3.05 bits per heavy atom. The van der Waals surface area contributed by atoms with Gasteiger partial charge in [0.2, 0.25) is 0 Å². The van der Waals surface area contributed by atoms with Gasteiger partial charge >= 0.3 is 0 Å². The topological polar surface area (TPSA) is 24.5 Å². The monoisotopic (exact) mass is 280 g/mol. The van der Waals surface area contributed by atoms with Crippen LogP contribution in [-0.4, -0.2) is 19.7 Å². The van der Waals surface area contributed by atoms with E-state index in [0.29, 0.717) is 0 Å². The Balaban J connectivity index is 1.67. The summed E-state index contributed by atoms with van der Waals surface area (Å²) in [5.74, 6) is 1.01. The van der Waals surface area contributed by atoms with Crippen LogP contribution in [0.25, 0.3) is 0 Å². The van der Waals surface area contributed by atoms with Gasteiger partial charge in [-0.1, -0.05) is 30.3 Å². The Hall–Kier alpha value is -2.16. The molecule has 0 spiro atoms. The van der Waals surface area contributed by atoms with Gasteiger partial charge in [0.05, 0.1) is 12.3 Å². The fourth-order valence-electron chi connectivity index (χ4n) is 3.31. The standard InChI is InChI=1S/C18H20N2O/c1-2-8-17-16(7-1)20(11-4-12-21-17)13-15-6-3-5-14-9-10-19-18(14)15/h1-3,5-8,19H,4,9-13H2. The maximum Gasteiger partial charge on any atom is 0.142 e. The maximum absolute atomic E-state index is 5.85. The third-order valence-electron chi connectivity index (χ3n) is 4.33. The second-order valence-corrected chi connectivity index (χ2v) is 5.72. The molecule has 1 N–H and O–H groups in total. The molecular formula is C18H20N2O. The zero-order valence-corrected chi connectivity index (χ0v) is 12.1. The minimum absolute atomic E-state index is 0.804. The summed E-state index contributed by atoms with van der Waals surface area (Å²) >= 11 is 0. The molecule has 0 aliphatic carbocycles. The van der Waals surface area contributed by atoms with Gasteiger partial charge in [-0.2, -0.15) is 0 Å². The number of ether oxygens (including phenoxy) is 1. The van der Waals surface area contributed by atoms with E-state index in [1.54, 1.807) is 0 Å². The molecule has 108 valence electrons. The number of nitrogens with zero attached hydrogens (tertiary/aromatic N) is 1. The zero-order chi connectivity index (χ0) is 14.1. The molecule has 0 aromatic heterocycles. The second-order valence-electron chi connectivity index (χ2n) is 5.72. The molecule has 2 aliphatic heterocycles. The molecule has 4 rings (SSSR count). The summed E-state index contributed by atoms with van der Waals surface area (Å²) in [6, 6.07) is 15.0. The highest BCUT2D eigenvalue weighted by Gasteiger charge is 2.19. The summed E-state index contributed by atoms with van der Waals surface area (Å²) in [6.45, 7) is 3.85. The van der Waals surface area contributed by atoms with Gasteiger partial charge in [0.25, 0.3) is 0 Å². The smallest absolute Gasteiger partial charge is 0.142 e. The number of fused-ring (bicyclic) bond motifs is 2. The predicted octanol–water partition coefficient (Wildman–Crippen LogP) is 3.44. The molecule has 0 radical (unpaired) electrons. The average molecular weight is 280 g/mol. The van der Waals surface area contributed by atoms with Crippen LogP contribution < -0.4 is 15.0 Å². The van der Waals surface area contributed by atoms with Crippen molar-refractivity contribution in [1.29, 1.82) is 0 Å². The normalized spacial score (nSPS) is 16.5. The molecule has 21 heavy (non-hydrogen) atoms. The lowest BCUT2D eigenvalue weighted by atomic mass is 10.1. The highest BCUT2D eigenvalue weighted by atomic mass is 16.5. The molecule has 0 saturated heterocycles. The molecule has 2 aromatic rings. The van der Waals surface area contributed by atoms with E-state index < -0.39 is 0 Å². The molecule has 3 nitrogen and oxygen atoms in total. The van der Waals surface area contributed by atoms with Crippen LogP contribution in [0.1, 0.15) is 17.5 Å². The van der Waals surface area contributed by atoms with Crippen LogP contribution in [0.3, 0.4) is 0 Å². The first-order chi connectivity index (χ1) is 10.4. The maximum atomic E-state index is 5.85. The number of anilines is 2. The van der Waals surface area contributed by atoms with Crippen molar-refractivity contribution in [3.05, 3.63) is 53.6 Å². The first-order valence-corrected chi connectivity index (χ1v) is 7.73. The van der Waals surface area contributed by atoms with Crippen molar-refractivity contribution in [2.45, 2.75) is 19.4 Å². The van der Waals surface area contributed by atoms with Gasteiger partial charge in [-0.25, -0.2) is 0 Å². The van der Waals surface area contributed by atoms with E-state index in [9.17, 15) is 0 Å². The largest absolute Gasteiger partial charge is 0.491 e. The van der Waals surface area contributed by atoms with E-state index >= 15 is 0 Å². The van der Waals surface area contributed by atoms with Crippen molar-refractivity contribution in [3.63, 3.8) is 0 Å². The van der Waals surface area contributed by atoms with Crippen molar-refractivity contribution in [1.82, 2.24) is 0 Å². The summed E-state index contributed by atoms with van der Waals surface area (Å²) in [5, 5.41) is 3.54. The van der Waals surface area contributed by atoms with Crippen LogP contribution in [0, 0.1) is 0 Å². The highest BCUT2D eigenvalue weighted by molar-refractivity contribution is 5.64. The molecule has 0 unspecified atom stereocenters. The SMILES string of the molecule is c1cc2c(c(CN3CCCOc4ccccc43)c1)NCC2. The van der Waals surface area contributed by atoms with Crippen molar-refractivity contribution >= 4 is 11.4 Å². The first kappa shape index (κ1) is 12.6. The van der Waals surface area contributed by atoms with E-state index in [-0.39, 0.29) is 0 Å². The number of hydrogen-bond acceptors (Lipinski definition) is 3. The highest BCUT2D eigenvalue weighted by Crippen LogP contribution is 2.34. The fourth-order valence-corrected chi connectivity index (χ4v) is 3.31. The molecule has 0 bridgehead atoms. The Labute approximate surface area is 125 Å². The lowest BCUT2D eigenvalue weighted by Gasteiger charge is -2.25. The number of hydrogen-bond donors (Lipinski definition) is 1. The van der Waals surface area contributed by atoms with Crippen molar-refractivity contribution < 1.29 is 4.74 Å². The lowest BCUT2D eigenvalue weighted by molar-refractivity contribution is 0.322. The Kier molecular flexibility index (Phi) is 3.18. The van der Waals surface area contributed by atoms with E-state index in [1.807, 2.05) is 6.07 Å². The average Bonchev–Trinajstić information content (AvgIpc) is 2.91. The van der Waals surface area contributed by atoms with Gasteiger partial charge in [-0.3, -0.25) is 0 Å². The summed E-state index contributed by atoms with van der Waals surface area (Å²) in [6.07, 6.45) is 2.21. The second kappa shape index (κ2) is 5.32. The molecule has 2 aliphatic rings. The van der Waals surface area contributed by atoms with Crippen molar-refractivity contribution in [2.24, 2.45) is 0 Å². The lowest BCUT2D eigenvalue weighted by Crippen LogP contribution is -2.23. The third-order valence-corrected chi connectivity index (χ3v) is 4.33. The predicted molar refractivity (Wildman–Crippen MR) is 86.2 cm³/mol. The van der Waals surface area contributed by atoms with Crippen LogP contribution in [0.4, 0.5) is 11.4 Å². The molecular weight excluding hydrogens is 260 g/mol. The minimum atomic E-state index is 0.804. The number of benzene rings is 2. The van der Waals surface area contributed by atoms with Crippen LogP contribution in [0.5, 0.6) is 5.75 Å². The Morgan fingerprint density at radius 1 is 1.10 bits per heavy atom. The molecule has 3 heteroatoms. The Morgan fingerprint density at radius 2 is 2.05 bits per heavy atom. The zero-order valence-electron chi connectivity index (χ0n) is 12.1. The summed E-state index contributed by atoms with van der Waals surface area (Å²) < 4.78 is 5.85. The van der Waals surface area contributed by atoms with Gasteiger partial charge in [0.15, 0.2) is 0 Å². The summed E-state index contributed by atoms with van der Waals surface area (Å²) in [7, 11) is 0. The van der Waals surface area contributed by atoms with Gasteiger partial charge in [0.1, 0.15) is 5.75 Å². The van der Waals surface area contributed by atoms with Crippen molar-refractivity contribution in [3.8, 4) is 5.75 Å².